The highest BCUT2D eigenvalue weighted by molar-refractivity contribution is 7.18. The lowest BCUT2D eigenvalue weighted by molar-refractivity contribution is -0.116. The standard InChI is InChI=1S/C16H14N4OS/c17-14(21)11-20(13-9-5-2-6-10-13)16-19-18-15(22-16)12-7-3-1-4-8-12/h1-10H,11H2,(H2,17,21). The number of para-hydroxylation sites is 1. The first-order chi connectivity index (χ1) is 10.7. The third kappa shape index (κ3) is 3.12. The first kappa shape index (κ1) is 14.2. The Labute approximate surface area is 132 Å². The maximum Gasteiger partial charge on any atom is 0.237 e. The second-order valence-electron chi connectivity index (χ2n) is 4.64. The van der Waals surface area contributed by atoms with Gasteiger partial charge < -0.3 is 10.6 Å². The van der Waals surface area contributed by atoms with E-state index in [9.17, 15) is 4.79 Å². The predicted molar refractivity (Wildman–Crippen MR) is 88.0 cm³/mol. The predicted octanol–water partition coefficient (Wildman–Crippen LogP) is 2.83. The summed E-state index contributed by atoms with van der Waals surface area (Å²) in [6.45, 7) is 0.0629. The van der Waals surface area contributed by atoms with E-state index in [0.29, 0.717) is 5.13 Å². The topological polar surface area (TPSA) is 72.1 Å². The van der Waals surface area contributed by atoms with Gasteiger partial charge in [-0.15, -0.1) is 10.2 Å². The van der Waals surface area contributed by atoms with E-state index in [4.69, 9.17) is 5.73 Å². The van der Waals surface area contributed by atoms with E-state index in [1.807, 2.05) is 60.7 Å². The Morgan fingerprint density at radius 2 is 1.64 bits per heavy atom. The van der Waals surface area contributed by atoms with Gasteiger partial charge in [-0.3, -0.25) is 4.79 Å². The van der Waals surface area contributed by atoms with Gasteiger partial charge in [-0.05, 0) is 12.1 Å². The Balaban J connectivity index is 1.95. The molecule has 3 rings (SSSR count). The van der Waals surface area contributed by atoms with Crippen molar-refractivity contribution >= 4 is 28.1 Å². The summed E-state index contributed by atoms with van der Waals surface area (Å²) in [5.74, 6) is -0.416. The number of carbonyl (C=O) groups excluding carboxylic acids is 1. The molecule has 0 fully saturated rings. The van der Waals surface area contributed by atoms with Crippen LogP contribution < -0.4 is 10.6 Å². The fourth-order valence-electron chi connectivity index (χ4n) is 2.06. The highest BCUT2D eigenvalue weighted by Crippen LogP contribution is 2.32. The van der Waals surface area contributed by atoms with Crippen molar-refractivity contribution in [3.8, 4) is 10.6 Å². The van der Waals surface area contributed by atoms with Gasteiger partial charge in [0, 0.05) is 11.3 Å². The zero-order valence-electron chi connectivity index (χ0n) is 11.7. The number of hydrogen-bond donors (Lipinski definition) is 1. The molecule has 0 unspecified atom stereocenters. The van der Waals surface area contributed by atoms with Crippen molar-refractivity contribution in [3.63, 3.8) is 0 Å². The lowest BCUT2D eigenvalue weighted by Crippen LogP contribution is -2.30. The molecule has 6 heteroatoms. The van der Waals surface area contributed by atoms with Crippen molar-refractivity contribution in [2.24, 2.45) is 5.73 Å². The highest BCUT2D eigenvalue weighted by atomic mass is 32.1. The smallest absolute Gasteiger partial charge is 0.237 e. The van der Waals surface area contributed by atoms with Crippen molar-refractivity contribution in [1.82, 2.24) is 10.2 Å². The first-order valence-corrected chi connectivity index (χ1v) is 7.55. The van der Waals surface area contributed by atoms with Gasteiger partial charge in [0.15, 0.2) is 0 Å². The molecule has 2 aromatic carbocycles. The summed E-state index contributed by atoms with van der Waals surface area (Å²) in [7, 11) is 0. The van der Waals surface area contributed by atoms with Gasteiger partial charge in [0.05, 0.1) is 0 Å². The van der Waals surface area contributed by atoms with Crippen LogP contribution in [0, 0.1) is 0 Å². The molecule has 0 bridgehead atoms. The second-order valence-corrected chi connectivity index (χ2v) is 5.60. The van der Waals surface area contributed by atoms with Crippen molar-refractivity contribution in [2.75, 3.05) is 11.4 Å². The number of hydrogen-bond acceptors (Lipinski definition) is 5. The zero-order valence-corrected chi connectivity index (χ0v) is 12.5. The summed E-state index contributed by atoms with van der Waals surface area (Å²) >= 11 is 1.43. The van der Waals surface area contributed by atoms with E-state index in [-0.39, 0.29) is 6.54 Å². The first-order valence-electron chi connectivity index (χ1n) is 6.74. The van der Waals surface area contributed by atoms with Crippen molar-refractivity contribution in [1.29, 1.82) is 0 Å². The molecule has 3 aromatic rings. The second kappa shape index (κ2) is 6.36. The van der Waals surface area contributed by atoms with Crippen molar-refractivity contribution < 1.29 is 4.79 Å². The van der Waals surface area contributed by atoms with Gasteiger partial charge in [-0.1, -0.05) is 59.9 Å². The molecule has 1 amide bonds. The third-order valence-corrected chi connectivity index (χ3v) is 4.04. The molecule has 0 saturated carbocycles. The number of benzene rings is 2. The number of primary amides is 1. The Hall–Kier alpha value is -2.73. The van der Waals surface area contributed by atoms with Gasteiger partial charge in [-0.2, -0.15) is 0 Å². The van der Waals surface area contributed by atoms with Crippen LogP contribution in [0.5, 0.6) is 0 Å². The Bertz CT molecular complexity index is 758. The largest absolute Gasteiger partial charge is 0.368 e. The van der Waals surface area contributed by atoms with E-state index in [2.05, 4.69) is 10.2 Å². The summed E-state index contributed by atoms with van der Waals surface area (Å²) in [4.78, 5) is 13.1. The van der Waals surface area contributed by atoms with Crippen LogP contribution in [0.2, 0.25) is 0 Å². The van der Waals surface area contributed by atoms with Crippen molar-refractivity contribution in [3.05, 3.63) is 60.7 Å². The van der Waals surface area contributed by atoms with E-state index in [1.54, 1.807) is 4.90 Å². The SMILES string of the molecule is NC(=O)CN(c1ccccc1)c1nnc(-c2ccccc2)s1. The van der Waals surface area contributed by atoms with Gasteiger partial charge in [0.1, 0.15) is 11.6 Å². The lowest BCUT2D eigenvalue weighted by Gasteiger charge is -2.19. The van der Waals surface area contributed by atoms with Crippen LogP contribution in [-0.4, -0.2) is 22.6 Å². The van der Waals surface area contributed by atoms with E-state index in [1.165, 1.54) is 11.3 Å². The zero-order chi connectivity index (χ0) is 15.4. The van der Waals surface area contributed by atoms with Gasteiger partial charge in [0.2, 0.25) is 11.0 Å². The van der Waals surface area contributed by atoms with Crippen LogP contribution in [0.4, 0.5) is 10.8 Å². The molecule has 0 aliphatic rings. The van der Waals surface area contributed by atoms with Crippen LogP contribution in [0.25, 0.3) is 10.6 Å². The fraction of sp³-hybridized carbons (Fsp3) is 0.0625. The van der Waals surface area contributed by atoms with E-state index in [0.717, 1.165) is 16.3 Å². The van der Waals surface area contributed by atoms with Crippen molar-refractivity contribution in [2.45, 2.75) is 0 Å². The molecule has 2 N–H and O–H groups in total. The molecule has 0 atom stereocenters. The van der Waals surface area contributed by atoms with Gasteiger partial charge in [0.25, 0.3) is 0 Å². The molecule has 22 heavy (non-hydrogen) atoms. The Morgan fingerprint density at radius 1 is 1.00 bits per heavy atom. The summed E-state index contributed by atoms with van der Waals surface area (Å²) in [5.41, 5.74) is 7.22. The van der Waals surface area contributed by atoms with Crippen LogP contribution >= 0.6 is 11.3 Å². The molecular formula is C16H14N4OS. The summed E-state index contributed by atoms with van der Waals surface area (Å²) in [6.07, 6.45) is 0. The number of nitrogens with two attached hydrogens (primary N) is 1. The fourth-order valence-corrected chi connectivity index (χ4v) is 2.93. The molecule has 0 saturated heterocycles. The molecule has 0 aliphatic heterocycles. The minimum atomic E-state index is -0.416. The number of anilines is 2. The monoisotopic (exact) mass is 310 g/mol. The number of carbonyl (C=O) groups is 1. The molecule has 1 aromatic heterocycles. The Kier molecular flexibility index (Phi) is 4.11. The number of amides is 1. The average molecular weight is 310 g/mol. The number of aromatic nitrogens is 2. The maximum atomic E-state index is 11.4. The maximum absolute atomic E-state index is 11.4. The Morgan fingerprint density at radius 3 is 2.27 bits per heavy atom. The van der Waals surface area contributed by atoms with Crippen LogP contribution in [0.15, 0.2) is 60.7 Å². The third-order valence-electron chi connectivity index (χ3n) is 3.05. The summed E-state index contributed by atoms with van der Waals surface area (Å²) < 4.78 is 0. The molecule has 110 valence electrons. The number of rotatable bonds is 5. The van der Waals surface area contributed by atoms with Gasteiger partial charge >= 0.3 is 0 Å². The normalized spacial score (nSPS) is 10.4. The molecule has 0 aliphatic carbocycles. The van der Waals surface area contributed by atoms with Crippen LogP contribution in [-0.2, 0) is 4.79 Å². The quantitative estimate of drug-likeness (QED) is 0.786. The van der Waals surface area contributed by atoms with Gasteiger partial charge in [-0.25, -0.2) is 0 Å². The van der Waals surface area contributed by atoms with E-state index < -0.39 is 5.91 Å². The molecule has 0 spiro atoms. The van der Waals surface area contributed by atoms with Crippen LogP contribution in [0.3, 0.4) is 0 Å². The molecular weight excluding hydrogens is 296 g/mol. The molecule has 0 radical (unpaired) electrons. The average Bonchev–Trinajstić information content (AvgIpc) is 3.04. The summed E-state index contributed by atoms with van der Waals surface area (Å²) in [6, 6.07) is 19.4. The molecule has 5 nitrogen and oxygen atoms in total. The summed E-state index contributed by atoms with van der Waals surface area (Å²) in [5, 5.41) is 9.87. The van der Waals surface area contributed by atoms with E-state index >= 15 is 0 Å². The number of nitrogens with zero attached hydrogens (tertiary/aromatic N) is 3. The lowest BCUT2D eigenvalue weighted by atomic mass is 10.2. The van der Waals surface area contributed by atoms with Crippen LogP contribution in [0.1, 0.15) is 0 Å². The minimum Gasteiger partial charge on any atom is -0.368 e. The highest BCUT2D eigenvalue weighted by Gasteiger charge is 2.17. The minimum absolute atomic E-state index is 0.0629. The molecule has 1 heterocycles.